The number of phenolic OH excluding ortho intramolecular Hbond substituents is 1. The molecule has 8 heteroatoms. The van der Waals surface area contributed by atoms with Crippen LogP contribution in [-0.4, -0.2) is 72.6 Å². The number of aliphatic hydroxyl groups excluding tert-OH is 1. The molecule has 8 nitrogen and oxygen atoms in total. The largest absolute Gasteiger partial charge is 0.507 e. The third kappa shape index (κ3) is 5.59. The maximum absolute atomic E-state index is 13.2. The van der Waals surface area contributed by atoms with E-state index in [2.05, 4.69) is 6.92 Å². The highest BCUT2D eigenvalue weighted by atomic mass is 16.5. The third-order valence-corrected chi connectivity index (χ3v) is 6.05. The van der Waals surface area contributed by atoms with Crippen molar-refractivity contribution in [1.29, 1.82) is 0 Å². The van der Waals surface area contributed by atoms with E-state index in [9.17, 15) is 19.8 Å². The lowest BCUT2D eigenvalue weighted by Gasteiger charge is -2.27. The number of likely N-dealkylation sites (tertiary alicyclic amines) is 1. The van der Waals surface area contributed by atoms with E-state index in [0.29, 0.717) is 30.0 Å². The number of Topliss-reactive ketones (excluding diaryl/α,β-unsaturated/α-hetero) is 1. The Bertz CT molecular complexity index is 1120. The Morgan fingerprint density at radius 2 is 1.86 bits per heavy atom. The van der Waals surface area contributed by atoms with E-state index in [-0.39, 0.29) is 29.4 Å². The number of hydrogen-bond donors (Lipinski definition) is 2. The molecule has 3 rings (SSSR count). The number of unbranched alkanes of at least 4 members (excludes halogenated alkanes) is 1. The Hall–Kier alpha value is -3.52. The van der Waals surface area contributed by atoms with E-state index >= 15 is 0 Å². The highest BCUT2D eigenvalue weighted by Gasteiger charge is 2.46. The Morgan fingerprint density at radius 3 is 2.49 bits per heavy atom. The first-order chi connectivity index (χ1) is 16.7. The first-order valence-electron chi connectivity index (χ1n) is 11.7. The lowest BCUT2D eigenvalue weighted by Crippen LogP contribution is -2.35. The molecule has 188 valence electrons. The van der Waals surface area contributed by atoms with E-state index in [1.54, 1.807) is 30.3 Å². The van der Waals surface area contributed by atoms with Crippen LogP contribution < -0.4 is 9.47 Å². The van der Waals surface area contributed by atoms with Gasteiger partial charge >= 0.3 is 0 Å². The second-order valence-corrected chi connectivity index (χ2v) is 8.91. The molecule has 0 aromatic heterocycles. The van der Waals surface area contributed by atoms with E-state index in [0.717, 1.165) is 18.4 Å². The number of aryl methyl sites for hydroxylation is 1. The third-order valence-electron chi connectivity index (χ3n) is 6.05. The number of likely N-dealkylation sites (N-methyl/N-ethyl adjacent to an activating group) is 1. The van der Waals surface area contributed by atoms with Crippen molar-refractivity contribution in [2.75, 3.05) is 40.9 Å². The van der Waals surface area contributed by atoms with Crippen molar-refractivity contribution in [3.8, 4) is 17.2 Å². The Balaban J connectivity index is 2.10. The zero-order valence-electron chi connectivity index (χ0n) is 21.0. The standard InChI is InChI=1S/C27H34N2O6/c1-6-7-14-35-21-11-9-19(15-17(21)2)25(31)23-24(18-8-10-20(30)22(16-18)34-5)29(13-12-28(3)4)27(33)26(23)32/h8-11,15-16,24,30-31H,6-7,12-14H2,1-5H3/t24-/m0/s1. The van der Waals surface area contributed by atoms with E-state index in [4.69, 9.17) is 9.47 Å². The maximum atomic E-state index is 13.2. The number of carbonyl (C=O) groups excluding carboxylic acids is 2. The van der Waals surface area contributed by atoms with Gasteiger partial charge in [-0.05, 0) is 68.9 Å². The van der Waals surface area contributed by atoms with Crippen LogP contribution in [-0.2, 0) is 9.59 Å². The van der Waals surface area contributed by atoms with Gasteiger partial charge in [-0.15, -0.1) is 0 Å². The summed E-state index contributed by atoms with van der Waals surface area (Å²) in [5.74, 6) is -0.820. The van der Waals surface area contributed by atoms with Crippen LogP contribution in [0.2, 0.25) is 0 Å². The number of carbonyl (C=O) groups is 2. The molecule has 0 spiro atoms. The van der Waals surface area contributed by atoms with E-state index in [1.807, 2.05) is 25.9 Å². The first-order valence-corrected chi connectivity index (χ1v) is 11.7. The number of phenols is 1. The molecular weight excluding hydrogens is 448 g/mol. The molecule has 1 saturated heterocycles. The number of aliphatic hydroxyl groups is 1. The van der Waals surface area contributed by atoms with E-state index < -0.39 is 17.7 Å². The highest BCUT2D eigenvalue weighted by Crippen LogP contribution is 2.42. The first kappa shape index (κ1) is 26.1. The second-order valence-electron chi connectivity index (χ2n) is 8.91. The molecule has 1 amide bonds. The summed E-state index contributed by atoms with van der Waals surface area (Å²) < 4.78 is 11.0. The van der Waals surface area contributed by atoms with Crippen LogP contribution in [0, 0.1) is 6.92 Å². The molecule has 2 aromatic rings. The van der Waals surface area contributed by atoms with Crippen LogP contribution >= 0.6 is 0 Å². The molecule has 0 saturated carbocycles. The highest BCUT2D eigenvalue weighted by molar-refractivity contribution is 6.46. The Kier molecular flexibility index (Phi) is 8.40. The number of hydrogen-bond acceptors (Lipinski definition) is 7. The minimum Gasteiger partial charge on any atom is -0.507 e. The van der Waals surface area contributed by atoms with Gasteiger partial charge in [0.1, 0.15) is 11.5 Å². The van der Waals surface area contributed by atoms with Crippen molar-refractivity contribution in [1.82, 2.24) is 9.80 Å². The van der Waals surface area contributed by atoms with Gasteiger partial charge in [0.2, 0.25) is 0 Å². The molecule has 0 radical (unpaired) electrons. The van der Waals surface area contributed by atoms with Crippen molar-refractivity contribution in [2.24, 2.45) is 0 Å². The lowest BCUT2D eigenvalue weighted by atomic mass is 9.94. The minimum atomic E-state index is -0.828. The molecule has 1 aliphatic rings. The summed E-state index contributed by atoms with van der Waals surface area (Å²) in [5, 5.41) is 21.4. The smallest absolute Gasteiger partial charge is 0.295 e. The fraction of sp³-hybridized carbons (Fsp3) is 0.407. The molecule has 1 heterocycles. The quantitative estimate of drug-likeness (QED) is 0.230. The van der Waals surface area contributed by atoms with Crippen molar-refractivity contribution >= 4 is 17.4 Å². The van der Waals surface area contributed by atoms with Gasteiger partial charge in [0, 0.05) is 18.7 Å². The summed E-state index contributed by atoms with van der Waals surface area (Å²) in [7, 11) is 5.18. The van der Waals surface area contributed by atoms with Gasteiger partial charge in [-0.3, -0.25) is 9.59 Å². The molecule has 1 atom stereocenters. The second kappa shape index (κ2) is 11.3. The van der Waals surface area contributed by atoms with Crippen LogP contribution in [0.1, 0.15) is 42.5 Å². The van der Waals surface area contributed by atoms with Crippen LogP contribution in [0.3, 0.4) is 0 Å². The SMILES string of the molecule is CCCCOc1ccc(C(O)=C2C(=O)C(=O)N(CCN(C)C)[C@H]2c2ccc(O)c(OC)c2)cc1C. The van der Waals surface area contributed by atoms with Crippen molar-refractivity contribution in [3.05, 3.63) is 58.7 Å². The van der Waals surface area contributed by atoms with Crippen molar-refractivity contribution < 1.29 is 29.3 Å². The molecule has 0 bridgehead atoms. The predicted octanol–water partition coefficient (Wildman–Crippen LogP) is 3.87. The monoisotopic (exact) mass is 482 g/mol. The average molecular weight is 483 g/mol. The maximum Gasteiger partial charge on any atom is 0.295 e. The van der Waals surface area contributed by atoms with Gasteiger partial charge in [0.05, 0.1) is 25.3 Å². The topological polar surface area (TPSA) is 99.5 Å². The lowest BCUT2D eigenvalue weighted by molar-refractivity contribution is -0.140. The molecule has 0 unspecified atom stereocenters. The fourth-order valence-electron chi connectivity index (χ4n) is 4.07. The van der Waals surface area contributed by atoms with Gasteiger partial charge in [-0.1, -0.05) is 19.4 Å². The van der Waals surface area contributed by atoms with Crippen LogP contribution in [0.15, 0.2) is 42.0 Å². The van der Waals surface area contributed by atoms with Crippen molar-refractivity contribution in [2.45, 2.75) is 32.7 Å². The summed E-state index contributed by atoms with van der Waals surface area (Å²) in [6.45, 7) is 5.37. The number of nitrogens with zero attached hydrogens (tertiary/aromatic N) is 2. The molecule has 1 fully saturated rings. The zero-order valence-corrected chi connectivity index (χ0v) is 21.0. The normalized spacial score (nSPS) is 17.3. The van der Waals surface area contributed by atoms with Crippen LogP contribution in [0.25, 0.3) is 5.76 Å². The van der Waals surface area contributed by atoms with Crippen molar-refractivity contribution in [3.63, 3.8) is 0 Å². The Morgan fingerprint density at radius 1 is 1.11 bits per heavy atom. The number of rotatable bonds is 10. The minimum absolute atomic E-state index is 0.000510. The molecule has 2 aromatic carbocycles. The summed E-state index contributed by atoms with van der Waals surface area (Å²) >= 11 is 0. The van der Waals surface area contributed by atoms with E-state index in [1.165, 1.54) is 18.1 Å². The number of aromatic hydroxyl groups is 1. The zero-order chi connectivity index (χ0) is 25.7. The summed E-state index contributed by atoms with van der Waals surface area (Å²) in [4.78, 5) is 29.6. The number of methoxy groups -OCH3 is 1. The number of benzene rings is 2. The summed E-state index contributed by atoms with van der Waals surface area (Å²) in [6.07, 6.45) is 1.96. The number of ether oxygens (including phenoxy) is 2. The van der Waals surface area contributed by atoms with Gasteiger partial charge in [-0.25, -0.2) is 0 Å². The number of amides is 1. The van der Waals surface area contributed by atoms with Gasteiger partial charge in [0.25, 0.3) is 11.7 Å². The van der Waals surface area contributed by atoms with Gasteiger partial charge in [0.15, 0.2) is 11.5 Å². The number of ketones is 1. The Labute approximate surface area is 206 Å². The predicted molar refractivity (Wildman–Crippen MR) is 134 cm³/mol. The molecule has 2 N–H and O–H groups in total. The van der Waals surface area contributed by atoms with Gasteiger partial charge < -0.3 is 29.5 Å². The fourth-order valence-corrected chi connectivity index (χ4v) is 4.07. The average Bonchev–Trinajstić information content (AvgIpc) is 3.08. The summed E-state index contributed by atoms with van der Waals surface area (Å²) in [5.41, 5.74) is 1.79. The molecule has 35 heavy (non-hydrogen) atoms. The van der Waals surface area contributed by atoms with Crippen LogP contribution in [0.4, 0.5) is 0 Å². The van der Waals surface area contributed by atoms with Crippen LogP contribution in [0.5, 0.6) is 17.2 Å². The molecule has 0 aliphatic carbocycles. The molecule has 1 aliphatic heterocycles. The summed E-state index contributed by atoms with van der Waals surface area (Å²) in [6, 6.07) is 9.03. The molecular formula is C27H34N2O6. The van der Waals surface area contributed by atoms with Gasteiger partial charge in [-0.2, -0.15) is 0 Å².